The standard InChI is InChI=1S/C15H11ClF2O2/c16-11-5-3-7-13(18)14(11)10(15(19)20)8-9-4-1-2-6-12(9)17/h1-7,10H,8H2,(H,19,20). The Morgan fingerprint density at radius 1 is 1.10 bits per heavy atom. The van der Waals surface area contributed by atoms with Crippen LogP contribution >= 0.6 is 11.6 Å². The van der Waals surface area contributed by atoms with Gasteiger partial charge in [-0.05, 0) is 30.2 Å². The van der Waals surface area contributed by atoms with Crippen molar-refractivity contribution in [2.24, 2.45) is 0 Å². The molecule has 104 valence electrons. The highest BCUT2D eigenvalue weighted by atomic mass is 35.5. The molecule has 0 saturated heterocycles. The first kappa shape index (κ1) is 14.5. The Morgan fingerprint density at radius 3 is 2.35 bits per heavy atom. The number of benzene rings is 2. The number of carboxylic acid groups (broad SMARTS) is 1. The van der Waals surface area contributed by atoms with Gasteiger partial charge in [0.25, 0.3) is 0 Å². The Labute approximate surface area is 119 Å². The molecule has 20 heavy (non-hydrogen) atoms. The molecule has 1 unspecified atom stereocenters. The average molecular weight is 297 g/mol. The van der Waals surface area contributed by atoms with Crippen molar-refractivity contribution in [2.75, 3.05) is 0 Å². The second-order valence-corrected chi connectivity index (χ2v) is 4.73. The first-order valence-electron chi connectivity index (χ1n) is 5.91. The minimum Gasteiger partial charge on any atom is -0.481 e. The molecule has 0 amide bonds. The third-order valence-corrected chi connectivity index (χ3v) is 3.36. The van der Waals surface area contributed by atoms with E-state index < -0.39 is 23.5 Å². The van der Waals surface area contributed by atoms with E-state index in [1.54, 1.807) is 6.07 Å². The first-order chi connectivity index (χ1) is 9.50. The number of halogens is 3. The lowest BCUT2D eigenvalue weighted by molar-refractivity contribution is -0.138. The lowest BCUT2D eigenvalue weighted by Crippen LogP contribution is -2.17. The second kappa shape index (κ2) is 6.01. The first-order valence-corrected chi connectivity index (χ1v) is 6.28. The normalized spacial score (nSPS) is 12.2. The van der Waals surface area contributed by atoms with Crippen molar-refractivity contribution in [2.45, 2.75) is 12.3 Å². The van der Waals surface area contributed by atoms with Crippen molar-refractivity contribution < 1.29 is 18.7 Å². The molecule has 0 aliphatic rings. The predicted octanol–water partition coefficient (Wildman–Crippen LogP) is 4.03. The summed E-state index contributed by atoms with van der Waals surface area (Å²) in [5.74, 6) is -3.71. The average Bonchev–Trinajstić information content (AvgIpc) is 2.39. The van der Waals surface area contributed by atoms with Gasteiger partial charge in [-0.2, -0.15) is 0 Å². The van der Waals surface area contributed by atoms with Gasteiger partial charge in [0, 0.05) is 10.6 Å². The van der Waals surface area contributed by atoms with Gasteiger partial charge < -0.3 is 5.11 Å². The van der Waals surface area contributed by atoms with Gasteiger partial charge in [0.05, 0.1) is 5.92 Å². The molecule has 0 radical (unpaired) electrons. The molecule has 0 bridgehead atoms. The van der Waals surface area contributed by atoms with Crippen LogP contribution in [0.25, 0.3) is 0 Å². The van der Waals surface area contributed by atoms with Gasteiger partial charge in [-0.1, -0.05) is 35.9 Å². The molecular weight excluding hydrogens is 286 g/mol. The van der Waals surface area contributed by atoms with E-state index in [9.17, 15) is 18.7 Å². The van der Waals surface area contributed by atoms with Crippen LogP contribution in [0.4, 0.5) is 8.78 Å². The third-order valence-electron chi connectivity index (χ3n) is 3.03. The highest BCUT2D eigenvalue weighted by Gasteiger charge is 2.26. The number of carbonyl (C=O) groups is 1. The highest BCUT2D eigenvalue weighted by molar-refractivity contribution is 6.31. The van der Waals surface area contributed by atoms with E-state index in [1.807, 2.05) is 0 Å². The molecule has 0 fully saturated rings. The fraction of sp³-hybridized carbons (Fsp3) is 0.133. The molecule has 2 rings (SSSR count). The minimum absolute atomic E-state index is 0.0220. The van der Waals surface area contributed by atoms with Crippen LogP contribution in [0.5, 0.6) is 0 Å². The lowest BCUT2D eigenvalue weighted by atomic mass is 9.91. The Balaban J connectivity index is 2.43. The van der Waals surface area contributed by atoms with Crippen LogP contribution in [0.1, 0.15) is 17.0 Å². The number of hydrogen-bond donors (Lipinski definition) is 1. The maximum Gasteiger partial charge on any atom is 0.311 e. The molecular formula is C15H11ClF2O2. The summed E-state index contributed by atoms with van der Waals surface area (Å²) in [4.78, 5) is 11.4. The predicted molar refractivity (Wildman–Crippen MR) is 71.9 cm³/mol. The van der Waals surface area contributed by atoms with E-state index in [0.717, 1.165) is 6.07 Å². The monoisotopic (exact) mass is 296 g/mol. The minimum atomic E-state index is -1.25. The van der Waals surface area contributed by atoms with Gasteiger partial charge in [-0.25, -0.2) is 8.78 Å². The van der Waals surface area contributed by atoms with E-state index in [2.05, 4.69) is 0 Å². The molecule has 5 heteroatoms. The van der Waals surface area contributed by atoms with Crippen molar-refractivity contribution >= 4 is 17.6 Å². The molecule has 0 aliphatic heterocycles. The van der Waals surface area contributed by atoms with Gasteiger partial charge in [-0.15, -0.1) is 0 Å². The van der Waals surface area contributed by atoms with Gasteiger partial charge in [0.2, 0.25) is 0 Å². The van der Waals surface area contributed by atoms with Gasteiger partial charge in [-0.3, -0.25) is 4.79 Å². The largest absolute Gasteiger partial charge is 0.481 e. The van der Waals surface area contributed by atoms with E-state index in [0.29, 0.717) is 0 Å². The summed E-state index contributed by atoms with van der Waals surface area (Å²) >= 11 is 5.88. The summed E-state index contributed by atoms with van der Waals surface area (Å²) in [7, 11) is 0. The molecule has 0 aromatic heterocycles. The molecule has 1 N–H and O–H groups in total. The molecule has 2 aromatic carbocycles. The molecule has 1 atom stereocenters. The van der Waals surface area contributed by atoms with Crippen LogP contribution in [0.2, 0.25) is 5.02 Å². The van der Waals surface area contributed by atoms with Gasteiger partial charge in [0.15, 0.2) is 0 Å². The maximum atomic E-state index is 13.8. The molecule has 0 saturated carbocycles. The van der Waals surface area contributed by atoms with E-state index in [4.69, 9.17) is 11.6 Å². The van der Waals surface area contributed by atoms with Gasteiger partial charge >= 0.3 is 5.97 Å². The quantitative estimate of drug-likeness (QED) is 0.925. The fourth-order valence-corrected chi connectivity index (χ4v) is 2.34. The molecule has 2 nitrogen and oxygen atoms in total. The van der Waals surface area contributed by atoms with Crippen molar-refractivity contribution in [3.05, 3.63) is 70.2 Å². The number of aliphatic carboxylic acids is 1. The molecule has 0 heterocycles. The van der Waals surface area contributed by atoms with E-state index in [-0.39, 0.29) is 22.6 Å². The third kappa shape index (κ3) is 2.96. The van der Waals surface area contributed by atoms with Crippen LogP contribution in [0.15, 0.2) is 42.5 Å². The van der Waals surface area contributed by atoms with Crippen molar-refractivity contribution in [1.29, 1.82) is 0 Å². The zero-order valence-electron chi connectivity index (χ0n) is 10.3. The van der Waals surface area contributed by atoms with Crippen LogP contribution in [-0.4, -0.2) is 11.1 Å². The van der Waals surface area contributed by atoms with Crippen LogP contribution in [-0.2, 0) is 11.2 Å². The zero-order valence-corrected chi connectivity index (χ0v) is 11.1. The van der Waals surface area contributed by atoms with E-state index >= 15 is 0 Å². The van der Waals surface area contributed by atoms with Crippen molar-refractivity contribution in [1.82, 2.24) is 0 Å². The molecule has 0 aliphatic carbocycles. The highest BCUT2D eigenvalue weighted by Crippen LogP contribution is 2.30. The lowest BCUT2D eigenvalue weighted by Gasteiger charge is -2.15. The van der Waals surface area contributed by atoms with E-state index in [1.165, 1.54) is 30.3 Å². The summed E-state index contributed by atoms with van der Waals surface area (Å²) in [6.07, 6.45) is -0.164. The molecule has 2 aromatic rings. The van der Waals surface area contributed by atoms with Crippen molar-refractivity contribution in [3.8, 4) is 0 Å². The SMILES string of the molecule is O=C(O)C(Cc1ccccc1F)c1c(F)cccc1Cl. The Hall–Kier alpha value is -1.94. The summed E-state index contributed by atoms with van der Waals surface area (Å²) in [6.45, 7) is 0. The number of hydrogen-bond acceptors (Lipinski definition) is 1. The van der Waals surface area contributed by atoms with Gasteiger partial charge in [0.1, 0.15) is 11.6 Å². The van der Waals surface area contributed by atoms with Crippen LogP contribution in [0.3, 0.4) is 0 Å². The Morgan fingerprint density at radius 2 is 1.75 bits per heavy atom. The summed E-state index contributed by atoms with van der Waals surface area (Å²) < 4.78 is 27.4. The number of carboxylic acids is 1. The topological polar surface area (TPSA) is 37.3 Å². The molecule has 0 spiro atoms. The summed E-state index contributed by atoms with van der Waals surface area (Å²) in [6, 6.07) is 9.75. The van der Waals surface area contributed by atoms with Crippen LogP contribution in [0, 0.1) is 11.6 Å². The second-order valence-electron chi connectivity index (χ2n) is 4.32. The Kier molecular flexibility index (Phi) is 4.35. The van der Waals surface area contributed by atoms with Crippen molar-refractivity contribution in [3.63, 3.8) is 0 Å². The Bertz CT molecular complexity index is 623. The number of rotatable bonds is 4. The summed E-state index contributed by atoms with van der Waals surface area (Å²) in [5.41, 5.74) is 0.0872. The fourth-order valence-electron chi connectivity index (χ4n) is 2.04. The smallest absolute Gasteiger partial charge is 0.311 e. The van der Waals surface area contributed by atoms with Crippen LogP contribution < -0.4 is 0 Å². The zero-order chi connectivity index (χ0) is 14.7. The summed E-state index contributed by atoms with van der Waals surface area (Å²) in [5, 5.41) is 9.30. The maximum absolute atomic E-state index is 13.8.